The van der Waals surface area contributed by atoms with E-state index in [1.54, 1.807) is 11.3 Å². The first kappa shape index (κ1) is 24.5. The molecule has 1 heterocycles. The van der Waals surface area contributed by atoms with Gasteiger partial charge in [-0.2, -0.15) is 0 Å². The zero-order chi connectivity index (χ0) is 23.3. The summed E-state index contributed by atoms with van der Waals surface area (Å²) in [6.45, 7) is 7.31. The molecule has 0 atom stereocenters. The van der Waals surface area contributed by atoms with Gasteiger partial charge in [-0.05, 0) is 65.5 Å². The molecule has 9 heteroatoms. The molecule has 1 saturated carbocycles. The number of carbonyl (C=O) groups is 2. The Hall–Kier alpha value is -2.13. The number of rotatable bonds is 6. The van der Waals surface area contributed by atoms with E-state index in [1.807, 2.05) is 52.1 Å². The molecule has 1 aliphatic rings. The first-order valence-electron chi connectivity index (χ1n) is 10.9. The van der Waals surface area contributed by atoms with Gasteiger partial charge in [0.2, 0.25) is 0 Å². The van der Waals surface area contributed by atoms with E-state index >= 15 is 0 Å². The Morgan fingerprint density at radius 1 is 1.06 bits per heavy atom. The molecule has 0 aliphatic heterocycles. The van der Waals surface area contributed by atoms with Crippen LogP contribution in [0.3, 0.4) is 0 Å². The van der Waals surface area contributed by atoms with Gasteiger partial charge in [-0.25, -0.2) is 14.6 Å². The fourth-order valence-corrected chi connectivity index (χ4v) is 5.50. The number of benzene rings is 1. The van der Waals surface area contributed by atoms with Gasteiger partial charge in [0.1, 0.15) is 0 Å². The summed E-state index contributed by atoms with van der Waals surface area (Å²) in [6.07, 6.45) is 4.63. The van der Waals surface area contributed by atoms with Crippen LogP contribution in [-0.2, 0) is 9.47 Å². The summed E-state index contributed by atoms with van der Waals surface area (Å²) < 4.78 is 11.2. The van der Waals surface area contributed by atoms with E-state index in [1.165, 1.54) is 0 Å². The normalized spacial score (nSPS) is 18.5. The monoisotopic (exact) mass is 523 g/mol. The van der Waals surface area contributed by atoms with Crippen LogP contribution in [0, 0.1) is 0 Å². The molecule has 2 amide bonds. The second-order valence-electron chi connectivity index (χ2n) is 8.48. The molecule has 3 rings (SSSR count). The number of amides is 2. The van der Waals surface area contributed by atoms with Gasteiger partial charge in [0, 0.05) is 33.9 Å². The SMILES string of the molecule is CC(C)OC(=O)Nc1ccc(-c2cnc(C3CCC(NC(=O)OC(C)C)CC3)s2)c(Br)c1. The molecule has 1 aromatic carbocycles. The Morgan fingerprint density at radius 2 is 1.72 bits per heavy atom. The van der Waals surface area contributed by atoms with Crippen molar-refractivity contribution in [2.75, 3.05) is 5.32 Å². The smallest absolute Gasteiger partial charge is 0.411 e. The molecular formula is C23H30BrN3O4S. The number of nitrogens with one attached hydrogen (secondary N) is 2. The molecule has 7 nitrogen and oxygen atoms in total. The predicted octanol–water partition coefficient (Wildman–Crippen LogP) is 6.69. The van der Waals surface area contributed by atoms with Gasteiger partial charge in [0.25, 0.3) is 0 Å². The average molecular weight is 524 g/mol. The van der Waals surface area contributed by atoms with Crippen LogP contribution in [0.2, 0.25) is 0 Å². The van der Waals surface area contributed by atoms with E-state index in [0.717, 1.165) is 45.6 Å². The van der Waals surface area contributed by atoms with E-state index in [-0.39, 0.29) is 24.3 Å². The quantitative estimate of drug-likeness (QED) is 0.440. The average Bonchev–Trinajstić information content (AvgIpc) is 3.17. The third-order valence-electron chi connectivity index (χ3n) is 5.09. The van der Waals surface area contributed by atoms with Crippen molar-refractivity contribution in [3.05, 3.63) is 33.9 Å². The van der Waals surface area contributed by atoms with Crippen molar-refractivity contribution < 1.29 is 19.1 Å². The van der Waals surface area contributed by atoms with Gasteiger partial charge in [-0.1, -0.05) is 22.0 Å². The second kappa shape index (κ2) is 11.1. The Labute approximate surface area is 201 Å². The van der Waals surface area contributed by atoms with E-state index in [0.29, 0.717) is 11.6 Å². The summed E-state index contributed by atoms with van der Waals surface area (Å²) in [5.41, 5.74) is 1.70. The standard InChI is InChI=1S/C23H30BrN3O4S/c1-13(2)30-22(28)26-16-7-5-15(6-8-16)21-25-12-20(32-21)18-10-9-17(11-19(18)24)27-23(29)31-14(3)4/h9-16H,5-8H2,1-4H3,(H,26,28)(H,27,29). The second-order valence-corrected chi connectivity index (χ2v) is 10.4. The van der Waals surface area contributed by atoms with Crippen molar-refractivity contribution in [2.45, 2.75) is 77.5 Å². The molecule has 0 spiro atoms. The number of alkyl carbamates (subject to hydrolysis) is 1. The lowest BCUT2D eigenvalue weighted by atomic mass is 9.86. The number of carbonyl (C=O) groups excluding carboxylic acids is 2. The lowest BCUT2D eigenvalue weighted by molar-refractivity contribution is 0.109. The van der Waals surface area contributed by atoms with Crippen LogP contribution in [-0.4, -0.2) is 35.4 Å². The molecule has 1 fully saturated rings. The van der Waals surface area contributed by atoms with Gasteiger partial charge in [-0.3, -0.25) is 5.32 Å². The van der Waals surface area contributed by atoms with E-state index in [4.69, 9.17) is 9.47 Å². The maximum Gasteiger partial charge on any atom is 0.411 e. The molecule has 2 aromatic rings. The third-order valence-corrected chi connectivity index (χ3v) is 6.94. The molecule has 1 aliphatic carbocycles. The summed E-state index contributed by atoms with van der Waals surface area (Å²) in [5.74, 6) is 0.401. The van der Waals surface area contributed by atoms with Crippen LogP contribution in [0.15, 0.2) is 28.9 Å². The zero-order valence-electron chi connectivity index (χ0n) is 18.8. The highest BCUT2D eigenvalue weighted by atomic mass is 79.9. The van der Waals surface area contributed by atoms with Gasteiger partial charge in [0.05, 0.1) is 22.1 Å². The van der Waals surface area contributed by atoms with E-state index in [9.17, 15) is 9.59 Å². The maximum absolute atomic E-state index is 11.8. The molecule has 0 unspecified atom stereocenters. The molecule has 0 bridgehead atoms. The van der Waals surface area contributed by atoms with Crippen molar-refractivity contribution in [1.82, 2.24) is 10.3 Å². The molecule has 0 saturated heterocycles. The Balaban J connectivity index is 1.58. The molecule has 2 N–H and O–H groups in total. The summed E-state index contributed by atoms with van der Waals surface area (Å²) in [7, 11) is 0. The molecular weight excluding hydrogens is 494 g/mol. The summed E-state index contributed by atoms with van der Waals surface area (Å²) >= 11 is 5.31. The van der Waals surface area contributed by atoms with Crippen molar-refractivity contribution in [3.63, 3.8) is 0 Å². The van der Waals surface area contributed by atoms with Crippen LogP contribution < -0.4 is 10.6 Å². The first-order chi connectivity index (χ1) is 15.2. The van der Waals surface area contributed by atoms with Crippen molar-refractivity contribution in [2.24, 2.45) is 0 Å². The van der Waals surface area contributed by atoms with Gasteiger partial charge >= 0.3 is 12.2 Å². The van der Waals surface area contributed by atoms with Crippen LogP contribution in [0.4, 0.5) is 15.3 Å². The number of ether oxygens (including phenoxy) is 2. The van der Waals surface area contributed by atoms with E-state index < -0.39 is 6.09 Å². The predicted molar refractivity (Wildman–Crippen MR) is 130 cm³/mol. The summed E-state index contributed by atoms with van der Waals surface area (Å²) in [4.78, 5) is 29.4. The van der Waals surface area contributed by atoms with Crippen molar-refractivity contribution in [1.29, 1.82) is 0 Å². The highest BCUT2D eigenvalue weighted by Crippen LogP contribution is 2.40. The van der Waals surface area contributed by atoms with Crippen LogP contribution >= 0.6 is 27.3 Å². The van der Waals surface area contributed by atoms with Crippen molar-refractivity contribution >= 4 is 45.1 Å². The lowest BCUT2D eigenvalue weighted by Crippen LogP contribution is -2.38. The zero-order valence-corrected chi connectivity index (χ0v) is 21.2. The van der Waals surface area contributed by atoms with Crippen LogP contribution in [0.5, 0.6) is 0 Å². The highest BCUT2D eigenvalue weighted by Gasteiger charge is 2.26. The number of hydrogen-bond donors (Lipinski definition) is 2. The maximum atomic E-state index is 11.8. The van der Waals surface area contributed by atoms with Gasteiger partial charge in [0.15, 0.2) is 0 Å². The molecule has 0 radical (unpaired) electrons. The topological polar surface area (TPSA) is 89.5 Å². The number of halogens is 1. The number of nitrogens with zero attached hydrogens (tertiary/aromatic N) is 1. The minimum absolute atomic E-state index is 0.113. The van der Waals surface area contributed by atoms with Crippen molar-refractivity contribution in [3.8, 4) is 10.4 Å². The molecule has 32 heavy (non-hydrogen) atoms. The minimum atomic E-state index is -0.470. The number of hydrogen-bond acceptors (Lipinski definition) is 6. The Bertz CT molecular complexity index is 939. The lowest BCUT2D eigenvalue weighted by Gasteiger charge is -2.28. The Morgan fingerprint density at radius 3 is 2.34 bits per heavy atom. The number of anilines is 1. The van der Waals surface area contributed by atoms with Gasteiger partial charge < -0.3 is 14.8 Å². The Kier molecular flexibility index (Phi) is 8.53. The minimum Gasteiger partial charge on any atom is -0.447 e. The number of thiazole rings is 1. The van der Waals surface area contributed by atoms with Crippen LogP contribution in [0.25, 0.3) is 10.4 Å². The fraction of sp³-hybridized carbons (Fsp3) is 0.522. The number of aromatic nitrogens is 1. The van der Waals surface area contributed by atoms with Gasteiger partial charge in [-0.15, -0.1) is 11.3 Å². The third kappa shape index (κ3) is 6.93. The first-order valence-corrected chi connectivity index (χ1v) is 12.5. The highest BCUT2D eigenvalue weighted by molar-refractivity contribution is 9.10. The summed E-state index contributed by atoms with van der Waals surface area (Å²) in [5, 5.41) is 6.82. The molecule has 1 aromatic heterocycles. The molecule has 174 valence electrons. The van der Waals surface area contributed by atoms with Crippen LogP contribution in [0.1, 0.15) is 64.3 Å². The largest absolute Gasteiger partial charge is 0.447 e. The van der Waals surface area contributed by atoms with E-state index in [2.05, 4.69) is 31.5 Å². The summed E-state index contributed by atoms with van der Waals surface area (Å²) in [6, 6.07) is 5.85. The fourth-order valence-electron chi connectivity index (χ4n) is 3.65.